The molecule has 6 rings (SSSR count). The number of nitrogens with one attached hydrogen (secondary N) is 2. The Bertz CT molecular complexity index is 1950. The smallest absolute Gasteiger partial charge is 0.261 e. The lowest BCUT2D eigenvalue weighted by molar-refractivity contribution is 0.0611. The van der Waals surface area contributed by atoms with E-state index < -0.39 is 23.2 Å². The molecule has 5 N–H and O–H groups in total. The molecule has 242 valence electrons. The third-order valence-electron chi connectivity index (χ3n) is 8.49. The van der Waals surface area contributed by atoms with E-state index in [1.54, 1.807) is 42.9 Å². The highest BCUT2D eigenvalue weighted by Crippen LogP contribution is 2.35. The summed E-state index contributed by atoms with van der Waals surface area (Å²) in [6, 6.07) is 10.4. The number of ether oxygens (including phenoxy) is 2. The van der Waals surface area contributed by atoms with Gasteiger partial charge in [0.25, 0.3) is 5.91 Å². The molecule has 2 aromatic heterocycles. The van der Waals surface area contributed by atoms with Crippen molar-refractivity contribution in [1.82, 2.24) is 14.9 Å². The fourth-order valence-corrected chi connectivity index (χ4v) is 5.85. The molecule has 4 heterocycles. The Labute approximate surface area is 271 Å². The number of aromatic nitrogens is 2. The lowest BCUT2D eigenvalue weighted by Gasteiger charge is -2.25. The molecule has 10 nitrogen and oxygen atoms in total. The molecule has 0 radical (unpaired) electrons. The molecule has 4 aromatic rings. The number of hydrogen-bond donors (Lipinski definition) is 4. The molecule has 0 bridgehead atoms. The van der Waals surface area contributed by atoms with E-state index in [0.717, 1.165) is 18.4 Å². The number of carbonyl (C=O) groups excluding carboxylic acids is 1. The van der Waals surface area contributed by atoms with Gasteiger partial charge in [0.1, 0.15) is 17.2 Å². The molecule has 1 saturated heterocycles. The van der Waals surface area contributed by atoms with E-state index in [-0.39, 0.29) is 34.1 Å². The number of nitrogens with two attached hydrogens (primary N) is 1. The fourth-order valence-electron chi connectivity index (χ4n) is 5.85. The molecule has 11 heteroatoms. The van der Waals surface area contributed by atoms with Gasteiger partial charge in [0.15, 0.2) is 16.9 Å². The Morgan fingerprint density at radius 3 is 2.68 bits per heavy atom. The number of aromatic hydroxyl groups is 1. The summed E-state index contributed by atoms with van der Waals surface area (Å²) in [5.74, 6) is -0.533. The number of rotatable bonds is 8. The second-order valence-corrected chi connectivity index (χ2v) is 11.8. The van der Waals surface area contributed by atoms with Gasteiger partial charge in [0.2, 0.25) is 0 Å². The molecule has 2 aliphatic rings. The number of nitrogens with zero attached hydrogens (tertiary/aromatic N) is 2. The first-order valence-corrected chi connectivity index (χ1v) is 15.4. The molecule has 0 spiro atoms. The minimum atomic E-state index is -0.638. The number of allylic oxidation sites excluding steroid dienone is 2. The van der Waals surface area contributed by atoms with Crippen LogP contribution in [0.3, 0.4) is 0 Å². The number of anilines is 2. The molecule has 1 atom stereocenters. The van der Waals surface area contributed by atoms with Crippen LogP contribution in [0.4, 0.5) is 15.9 Å². The standard InChI is InChI=1S/C36H36FN5O5/c1-21-3-7-31(39-16-21)28-19-42(18-22-9-11-47-12-10-22)20-29(34(28)44)36(45)41-25-5-6-26(30(37)15-25)27-13-24(17-40-35(27)38)23-4-8-32(43)33(14-23)46-2/h3-8,13-17,19-20,22,31,39,43H,9-12,18H2,1-2H3,(H2,38,40)(H,41,45). The van der Waals surface area contributed by atoms with Gasteiger partial charge in [0, 0.05) is 72.5 Å². The average molecular weight is 638 g/mol. The summed E-state index contributed by atoms with van der Waals surface area (Å²) in [5.41, 5.74) is 9.21. The van der Waals surface area contributed by atoms with Crippen LogP contribution in [0.15, 0.2) is 89.8 Å². The van der Waals surface area contributed by atoms with Crippen molar-refractivity contribution in [2.45, 2.75) is 32.4 Å². The van der Waals surface area contributed by atoms with Gasteiger partial charge in [-0.3, -0.25) is 9.59 Å². The van der Waals surface area contributed by atoms with Crippen molar-refractivity contribution in [3.63, 3.8) is 0 Å². The topological polar surface area (TPSA) is 141 Å². The average Bonchev–Trinajstić information content (AvgIpc) is 3.07. The van der Waals surface area contributed by atoms with Crippen molar-refractivity contribution in [1.29, 1.82) is 0 Å². The Hall–Kier alpha value is -5.42. The molecular weight excluding hydrogens is 601 g/mol. The molecule has 2 aliphatic heterocycles. The number of dihydropyridines is 1. The highest BCUT2D eigenvalue weighted by atomic mass is 19.1. The van der Waals surface area contributed by atoms with Crippen LogP contribution in [0.5, 0.6) is 11.5 Å². The van der Waals surface area contributed by atoms with E-state index in [2.05, 4.69) is 15.6 Å². The zero-order valence-corrected chi connectivity index (χ0v) is 26.1. The number of pyridine rings is 2. The van der Waals surface area contributed by atoms with Crippen molar-refractivity contribution in [2.75, 3.05) is 31.4 Å². The summed E-state index contributed by atoms with van der Waals surface area (Å²) in [5, 5.41) is 15.9. The molecule has 1 unspecified atom stereocenters. The molecule has 1 fully saturated rings. The number of amides is 1. The molecule has 0 aliphatic carbocycles. The molecule has 1 amide bonds. The van der Waals surface area contributed by atoms with Crippen LogP contribution in [0.1, 0.15) is 41.7 Å². The van der Waals surface area contributed by atoms with Gasteiger partial charge in [-0.1, -0.05) is 18.2 Å². The van der Waals surface area contributed by atoms with E-state index in [1.807, 2.05) is 29.8 Å². The Kier molecular flexibility index (Phi) is 9.08. The molecule has 2 aromatic carbocycles. The van der Waals surface area contributed by atoms with Gasteiger partial charge in [-0.05, 0) is 73.2 Å². The predicted octanol–water partition coefficient (Wildman–Crippen LogP) is 5.80. The zero-order valence-electron chi connectivity index (χ0n) is 26.1. The second-order valence-electron chi connectivity index (χ2n) is 11.8. The normalized spacial score (nSPS) is 16.3. The van der Waals surface area contributed by atoms with Crippen LogP contribution in [0.25, 0.3) is 22.3 Å². The number of phenols is 1. The number of hydrogen-bond acceptors (Lipinski definition) is 8. The maximum atomic E-state index is 15.6. The number of nitrogen functional groups attached to an aromatic ring is 1. The highest BCUT2D eigenvalue weighted by Gasteiger charge is 2.23. The second kappa shape index (κ2) is 13.5. The number of carbonyl (C=O) groups is 1. The van der Waals surface area contributed by atoms with Gasteiger partial charge >= 0.3 is 0 Å². The van der Waals surface area contributed by atoms with Gasteiger partial charge in [0.05, 0.1) is 13.2 Å². The molecular formula is C36H36FN5O5. The van der Waals surface area contributed by atoms with Gasteiger partial charge in [-0.2, -0.15) is 0 Å². The predicted molar refractivity (Wildman–Crippen MR) is 179 cm³/mol. The number of benzene rings is 2. The van der Waals surface area contributed by atoms with Gasteiger partial charge < -0.3 is 35.5 Å². The monoisotopic (exact) mass is 637 g/mol. The van der Waals surface area contributed by atoms with E-state index in [9.17, 15) is 14.7 Å². The maximum Gasteiger partial charge on any atom is 0.261 e. The van der Waals surface area contributed by atoms with Gasteiger partial charge in [-0.25, -0.2) is 9.37 Å². The van der Waals surface area contributed by atoms with E-state index in [4.69, 9.17) is 15.2 Å². The largest absolute Gasteiger partial charge is 0.504 e. The number of halogens is 1. The van der Waals surface area contributed by atoms with Crippen molar-refractivity contribution in [3.8, 4) is 33.8 Å². The Morgan fingerprint density at radius 1 is 1.15 bits per heavy atom. The first kappa shape index (κ1) is 31.6. The first-order valence-electron chi connectivity index (χ1n) is 15.4. The lowest BCUT2D eigenvalue weighted by Crippen LogP contribution is -2.31. The van der Waals surface area contributed by atoms with Crippen LogP contribution < -0.4 is 26.5 Å². The summed E-state index contributed by atoms with van der Waals surface area (Å²) in [6.45, 7) is 3.95. The quantitative estimate of drug-likeness (QED) is 0.190. The van der Waals surface area contributed by atoms with Crippen molar-refractivity contribution in [2.24, 2.45) is 5.92 Å². The minimum Gasteiger partial charge on any atom is -0.504 e. The van der Waals surface area contributed by atoms with Crippen molar-refractivity contribution < 1.29 is 23.8 Å². The van der Waals surface area contributed by atoms with Crippen LogP contribution in [-0.4, -0.2) is 40.9 Å². The van der Waals surface area contributed by atoms with Crippen LogP contribution in [0.2, 0.25) is 0 Å². The maximum absolute atomic E-state index is 15.6. The molecule has 0 saturated carbocycles. The molecule has 47 heavy (non-hydrogen) atoms. The third-order valence-corrected chi connectivity index (χ3v) is 8.49. The third kappa shape index (κ3) is 6.90. The summed E-state index contributed by atoms with van der Waals surface area (Å²) in [6.07, 6.45) is 12.4. The number of phenolic OH excluding ortho intramolecular Hbond substituents is 1. The van der Waals surface area contributed by atoms with Crippen molar-refractivity contribution in [3.05, 3.63) is 112 Å². The minimum absolute atomic E-state index is 0.0109. The summed E-state index contributed by atoms with van der Waals surface area (Å²) >= 11 is 0. The zero-order chi connectivity index (χ0) is 33.1. The Morgan fingerprint density at radius 2 is 1.96 bits per heavy atom. The highest BCUT2D eigenvalue weighted by molar-refractivity contribution is 6.04. The van der Waals surface area contributed by atoms with Gasteiger partial charge in [-0.15, -0.1) is 0 Å². The van der Waals surface area contributed by atoms with Crippen molar-refractivity contribution >= 4 is 17.4 Å². The SMILES string of the molecule is COc1cc(-c2cnc(N)c(-c3ccc(NC(=O)c4cn(CC5CCOCC5)cc(C5C=CC(C)=CN5)c4=O)cc3F)c2)ccc1O. The Balaban J connectivity index is 1.28. The first-order chi connectivity index (χ1) is 22.7. The van der Waals surface area contributed by atoms with E-state index in [1.165, 1.54) is 25.3 Å². The van der Waals surface area contributed by atoms with E-state index >= 15 is 4.39 Å². The van der Waals surface area contributed by atoms with E-state index in [0.29, 0.717) is 47.9 Å². The summed E-state index contributed by atoms with van der Waals surface area (Å²) in [7, 11) is 1.45. The lowest BCUT2D eigenvalue weighted by atomic mass is 9.99. The van der Waals surface area contributed by atoms with Crippen LogP contribution in [0, 0.1) is 11.7 Å². The number of methoxy groups -OCH3 is 1. The summed E-state index contributed by atoms with van der Waals surface area (Å²) < 4.78 is 28.2. The fraction of sp³-hybridized carbons (Fsp3) is 0.250. The van der Waals surface area contributed by atoms with Crippen LogP contribution in [-0.2, 0) is 11.3 Å². The summed E-state index contributed by atoms with van der Waals surface area (Å²) in [4.78, 5) is 31.5. The van der Waals surface area contributed by atoms with Crippen LogP contribution >= 0.6 is 0 Å².